The Morgan fingerprint density at radius 3 is 2.56 bits per heavy atom. The molecule has 4 rings (SSSR count). The number of benzene rings is 3. The summed E-state index contributed by atoms with van der Waals surface area (Å²) in [6.45, 7) is -1.96. The van der Waals surface area contributed by atoms with E-state index in [0.29, 0.717) is 5.57 Å². The summed E-state index contributed by atoms with van der Waals surface area (Å²) in [7, 11) is -3.30. The lowest BCUT2D eigenvalue weighted by atomic mass is 10.0. The Morgan fingerprint density at radius 2 is 1.88 bits per heavy atom. The van der Waals surface area contributed by atoms with Crippen molar-refractivity contribution in [1.82, 2.24) is 0 Å². The number of ether oxygens (including phenoxy) is 3. The molecule has 1 aliphatic rings. The van der Waals surface area contributed by atoms with Crippen molar-refractivity contribution in [3.63, 3.8) is 0 Å². The predicted octanol–water partition coefficient (Wildman–Crippen LogP) is 6.69. The molecule has 0 saturated heterocycles. The van der Waals surface area contributed by atoms with Crippen molar-refractivity contribution in [2.45, 2.75) is 37.4 Å². The lowest BCUT2D eigenvalue weighted by Crippen LogP contribution is -2.44. The third-order valence-corrected chi connectivity index (χ3v) is 8.32. The molecule has 0 amide bonds. The van der Waals surface area contributed by atoms with Gasteiger partial charge in [0.1, 0.15) is 17.7 Å². The molecule has 0 unspecified atom stereocenters. The Kier molecular flexibility index (Phi) is 9.13. The van der Waals surface area contributed by atoms with Gasteiger partial charge in [-0.3, -0.25) is 9.10 Å². The average Bonchev–Trinajstić information content (AvgIpc) is 2.91. The second kappa shape index (κ2) is 12.4. The molecule has 3 aromatic carbocycles. The molecule has 0 N–H and O–H groups in total. The number of carbonyl (C=O) groups is 1. The van der Waals surface area contributed by atoms with Crippen LogP contribution in [0.2, 0.25) is 5.02 Å². The quantitative estimate of drug-likeness (QED) is 0.152. The first-order valence-electron chi connectivity index (χ1n) is 12.2. The highest BCUT2D eigenvalue weighted by molar-refractivity contribution is 7.92. The highest BCUT2D eigenvalue weighted by atomic mass is 35.5. The zero-order valence-corrected chi connectivity index (χ0v) is 23.3. The zero-order chi connectivity index (χ0) is 29.9. The van der Waals surface area contributed by atoms with Gasteiger partial charge >= 0.3 is 12.6 Å². The first-order valence-corrected chi connectivity index (χ1v) is 14.0. The van der Waals surface area contributed by atoms with E-state index in [1.54, 1.807) is 6.92 Å². The van der Waals surface area contributed by atoms with Gasteiger partial charge in [-0.15, -0.1) is 0 Å². The zero-order valence-electron chi connectivity index (χ0n) is 21.7. The van der Waals surface area contributed by atoms with E-state index in [4.69, 9.17) is 16.3 Å². The molecular formula is C28H24ClF4NO6S. The maximum absolute atomic E-state index is 15.5. The molecular weight excluding hydrogens is 590 g/mol. The second-order valence-corrected chi connectivity index (χ2v) is 11.3. The Labute approximate surface area is 238 Å². The molecule has 0 saturated carbocycles. The third-order valence-electron chi connectivity index (χ3n) is 6.23. The lowest BCUT2D eigenvalue weighted by molar-refractivity contribution is -0.141. The van der Waals surface area contributed by atoms with Crippen LogP contribution in [-0.4, -0.2) is 40.8 Å². The summed E-state index contributed by atoms with van der Waals surface area (Å²) in [4.78, 5) is 11.3. The number of allylic oxidation sites excluding steroid dienone is 1. The average molecular weight is 614 g/mol. The van der Waals surface area contributed by atoms with Gasteiger partial charge in [-0.1, -0.05) is 29.8 Å². The standard InChI is InChI=1S/C28H24ClF4NO6S/c1-16(26-21(29)7-4-8-22(26)30)11-17-12-23(31)27-24(13-17)34(15-19(39-27)9-10-25(35)38-2)41(36,37)20-6-3-5-18(14-20)40-28(32)33/h3-8,11-14,19,28H,9-10,15H2,1-2H3/b16-11+/t19-/m0/s1. The molecule has 0 radical (unpaired) electrons. The highest BCUT2D eigenvalue weighted by Crippen LogP contribution is 2.42. The third kappa shape index (κ3) is 6.76. The Morgan fingerprint density at radius 1 is 1.15 bits per heavy atom. The number of sulfonamides is 1. The summed E-state index contributed by atoms with van der Waals surface area (Å²) in [6.07, 6.45) is 0.344. The molecule has 3 aromatic rings. The monoisotopic (exact) mass is 613 g/mol. The van der Waals surface area contributed by atoms with Crippen LogP contribution in [-0.2, 0) is 19.6 Å². The Bertz CT molecular complexity index is 1580. The van der Waals surface area contributed by atoms with Crippen LogP contribution in [0.1, 0.15) is 30.9 Å². The van der Waals surface area contributed by atoms with E-state index < -0.39 is 56.7 Å². The first-order chi connectivity index (χ1) is 19.4. The maximum atomic E-state index is 15.5. The number of esters is 1. The van der Waals surface area contributed by atoms with Crippen LogP contribution in [0.15, 0.2) is 59.5 Å². The van der Waals surface area contributed by atoms with Gasteiger partial charge in [-0.05, 0) is 60.9 Å². The minimum atomic E-state index is -4.49. The van der Waals surface area contributed by atoms with Gasteiger partial charge in [0, 0.05) is 18.1 Å². The molecule has 0 fully saturated rings. The number of hydrogen-bond donors (Lipinski definition) is 0. The number of carbonyl (C=O) groups excluding carboxylic acids is 1. The van der Waals surface area contributed by atoms with E-state index >= 15 is 4.39 Å². The minimum absolute atomic E-state index is 0.00134. The van der Waals surface area contributed by atoms with Crippen LogP contribution in [0.3, 0.4) is 0 Å². The highest BCUT2D eigenvalue weighted by Gasteiger charge is 2.37. The lowest BCUT2D eigenvalue weighted by Gasteiger charge is -2.36. The van der Waals surface area contributed by atoms with Gasteiger partial charge in [-0.2, -0.15) is 8.78 Å². The summed E-state index contributed by atoms with van der Waals surface area (Å²) in [6, 6.07) is 11.1. The van der Waals surface area contributed by atoms with Crippen LogP contribution >= 0.6 is 11.6 Å². The minimum Gasteiger partial charge on any atom is -0.483 e. The van der Waals surface area contributed by atoms with E-state index in [-0.39, 0.29) is 41.2 Å². The normalized spacial score (nSPS) is 15.4. The number of nitrogens with zero attached hydrogens (tertiary/aromatic N) is 1. The van der Waals surface area contributed by atoms with Crippen molar-refractivity contribution in [2.24, 2.45) is 0 Å². The molecule has 0 aromatic heterocycles. The van der Waals surface area contributed by atoms with Crippen LogP contribution in [0.5, 0.6) is 11.5 Å². The Hall–Kier alpha value is -3.77. The smallest absolute Gasteiger partial charge is 0.387 e. The summed E-state index contributed by atoms with van der Waals surface area (Å²) in [5.74, 6) is -2.88. The number of anilines is 1. The molecule has 0 bridgehead atoms. The van der Waals surface area contributed by atoms with Crippen LogP contribution in [0.4, 0.5) is 23.2 Å². The largest absolute Gasteiger partial charge is 0.483 e. The Balaban J connectivity index is 1.81. The van der Waals surface area contributed by atoms with E-state index in [1.807, 2.05) is 0 Å². The van der Waals surface area contributed by atoms with Crippen LogP contribution < -0.4 is 13.8 Å². The maximum Gasteiger partial charge on any atom is 0.387 e. The van der Waals surface area contributed by atoms with E-state index in [2.05, 4.69) is 9.47 Å². The van der Waals surface area contributed by atoms with Gasteiger partial charge in [0.05, 0.1) is 29.3 Å². The summed E-state index contributed by atoms with van der Waals surface area (Å²) < 4.78 is 98.8. The molecule has 41 heavy (non-hydrogen) atoms. The number of hydrogen-bond acceptors (Lipinski definition) is 6. The fourth-order valence-corrected chi connectivity index (χ4v) is 6.20. The molecule has 0 spiro atoms. The topological polar surface area (TPSA) is 82.1 Å². The first kappa shape index (κ1) is 30.2. The van der Waals surface area contributed by atoms with Gasteiger partial charge in [0.15, 0.2) is 11.6 Å². The number of fused-ring (bicyclic) bond motifs is 1. The van der Waals surface area contributed by atoms with Crippen molar-refractivity contribution in [3.05, 3.63) is 82.4 Å². The van der Waals surface area contributed by atoms with E-state index in [0.717, 1.165) is 22.5 Å². The van der Waals surface area contributed by atoms with E-state index in [9.17, 15) is 26.4 Å². The van der Waals surface area contributed by atoms with Gasteiger partial charge in [0.25, 0.3) is 10.0 Å². The predicted molar refractivity (Wildman–Crippen MR) is 145 cm³/mol. The molecule has 218 valence electrons. The molecule has 1 aliphatic heterocycles. The molecule has 1 atom stereocenters. The van der Waals surface area contributed by atoms with Crippen LogP contribution in [0, 0.1) is 11.6 Å². The fourth-order valence-electron chi connectivity index (χ4n) is 4.37. The molecule has 7 nitrogen and oxygen atoms in total. The second-order valence-electron chi connectivity index (χ2n) is 9.02. The van der Waals surface area contributed by atoms with Gasteiger partial charge in [0.2, 0.25) is 0 Å². The number of alkyl halides is 2. The fraction of sp³-hybridized carbons (Fsp3) is 0.250. The van der Waals surface area contributed by atoms with Crippen LogP contribution in [0.25, 0.3) is 11.6 Å². The summed E-state index contributed by atoms with van der Waals surface area (Å²) in [5, 5.41) is 0.129. The van der Waals surface area contributed by atoms with Crippen molar-refractivity contribution >= 4 is 44.9 Å². The molecule has 1 heterocycles. The van der Waals surface area contributed by atoms with Crippen molar-refractivity contribution in [1.29, 1.82) is 0 Å². The van der Waals surface area contributed by atoms with E-state index in [1.165, 1.54) is 49.6 Å². The molecule has 0 aliphatic carbocycles. The number of halogens is 5. The van der Waals surface area contributed by atoms with Crippen molar-refractivity contribution in [3.8, 4) is 11.5 Å². The number of methoxy groups -OCH3 is 1. The van der Waals surface area contributed by atoms with Crippen molar-refractivity contribution < 1.29 is 45.0 Å². The SMILES string of the molecule is COC(=O)CC[C@H]1CN(S(=O)(=O)c2cccc(OC(F)F)c2)c2cc(/C=C(\C)c3c(F)cccc3Cl)cc(F)c2O1. The molecule has 13 heteroatoms. The summed E-state index contributed by atoms with van der Waals surface area (Å²) >= 11 is 6.16. The van der Waals surface area contributed by atoms with Gasteiger partial charge in [-0.25, -0.2) is 17.2 Å². The number of rotatable bonds is 9. The summed E-state index contributed by atoms with van der Waals surface area (Å²) in [5.41, 5.74) is 0.418. The van der Waals surface area contributed by atoms with Gasteiger partial charge < -0.3 is 14.2 Å². The van der Waals surface area contributed by atoms with Crippen molar-refractivity contribution in [2.75, 3.05) is 18.0 Å².